The smallest absolute Gasteiger partial charge is 0.416 e. The number of cyclic esters (lactones) is 1. The van der Waals surface area contributed by atoms with Crippen molar-refractivity contribution < 1.29 is 14.3 Å². The highest BCUT2D eigenvalue weighted by atomic mass is 16.6. The standard InChI is InChI=1S/C20H20N6O3/c1-12-4-2-5-13-6-3-7-15(23-13)16-11-29-20(28)26(16)17-8-9-25-18(24-17)14(10-21-25)19(27)22-12/h3,6-10,12,16H,2,4-5,11H2,1H3,(H,22,27). The summed E-state index contributed by atoms with van der Waals surface area (Å²) >= 11 is 0. The molecule has 2 unspecified atom stereocenters. The number of ether oxygens (including phenoxy) is 1. The number of rotatable bonds is 0. The summed E-state index contributed by atoms with van der Waals surface area (Å²) in [4.78, 5) is 36.1. The molecule has 5 heterocycles. The summed E-state index contributed by atoms with van der Waals surface area (Å²) in [7, 11) is 0. The minimum Gasteiger partial charge on any atom is -0.446 e. The second-order valence-electron chi connectivity index (χ2n) is 7.40. The van der Waals surface area contributed by atoms with Gasteiger partial charge in [-0.3, -0.25) is 9.78 Å². The van der Waals surface area contributed by atoms with Gasteiger partial charge in [-0.25, -0.2) is 19.2 Å². The number of anilines is 1. The molecule has 0 aliphatic carbocycles. The van der Waals surface area contributed by atoms with Gasteiger partial charge in [0.05, 0.1) is 11.9 Å². The average molecular weight is 392 g/mol. The van der Waals surface area contributed by atoms with Crippen LogP contribution in [0.4, 0.5) is 10.6 Å². The van der Waals surface area contributed by atoms with E-state index in [4.69, 9.17) is 9.72 Å². The first-order valence-electron chi connectivity index (χ1n) is 9.67. The lowest BCUT2D eigenvalue weighted by Crippen LogP contribution is -2.32. The van der Waals surface area contributed by atoms with E-state index in [1.54, 1.807) is 12.3 Å². The van der Waals surface area contributed by atoms with E-state index in [0.29, 0.717) is 17.0 Å². The third-order valence-corrected chi connectivity index (χ3v) is 5.34. The molecule has 4 bridgehead atoms. The van der Waals surface area contributed by atoms with Crippen LogP contribution in [-0.2, 0) is 11.2 Å². The lowest BCUT2D eigenvalue weighted by atomic mass is 10.1. The van der Waals surface area contributed by atoms with E-state index in [1.807, 2.05) is 25.1 Å². The van der Waals surface area contributed by atoms with Gasteiger partial charge in [-0.1, -0.05) is 6.07 Å². The second kappa shape index (κ2) is 6.84. The fraction of sp³-hybridized carbons (Fsp3) is 0.350. The Morgan fingerprint density at radius 2 is 2.10 bits per heavy atom. The molecule has 2 aliphatic heterocycles. The van der Waals surface area contributed by atoms with Crippen molar-refractivity contribution in [1.82, 2.24) is 24.9 Å². The Kier molecular flexibility index (Phi) is 4.15. The molecule has 148 valence electrons. The van der Waals surface area contributed by atoms with Crippen molar-refractivity contribution in [2.75, 3.05) is 11.5 Å². The first-order chi connectivity index (χ1) is 14.1. The van der Waals surface area contributed by atoms with Crippen LogP contribution in [0, 0.1) is 0 Å². The Bertz CT molecular complexity index is 1110. The molecule has 2 atom stereocenters. The van der Waals surface area contributed by atoms with Crippen molar-refractivity contribution in [3.05, 3.63) is 53.6 Å². The van der Waals surface area contributed by atoms with Crippen LogP contribution in [0.25, 0.3) is 5.65 Å². The second-order valence-corrected chi connectivity index (χ2v) is 7.40. The SMILES string of the molecule is CC1CCCc2cccc(n2)C2COC(=O)N2c2ccn3ncc(c3n2)C(=O)N1. The predicted octanol–water partition coefficient (Wildman–Crippen LogP) is 2.28. The number of fused-ring (bicyclic) bond motifs is 6. The zero-order chi connectivity index (χ0) is 20.0. The number of hydrogen-bond donors (Lipinski definition) is 1. The molecule has 1 N–H and O–H groups in total. The maximum Gasteiger partial charge on any atom is 0.416 e. The molecule has 9 heteroatoms. The quantitative estimate of drug-likeness (QED) is 0.630. The van der Waals surface area contributed by atoms with Crippen molar-refractivity contribution >= 4 is 23.5 Å². The number of hydrogen-bond acceptors (Lipinski definition) is 6. The van der Waals surface area contributed by atoms with Gasteiger partial charge in [0.1, 0.15) is 24.0 Å². The fourth-order valence-corrected chi connectivity index (χ4v) is 3.83. The molecule has 29 heavy (non-hydrogen) atoms. The van der Waals surface area contributed by atoms with Gasteiger partial charge >= 0.3 is 6.09 Å². The molecule has 0 saturated carbocycles. The van der Waals surface area contributed by atoms with E-state index in [2.05, 4.69) is 15.4 Å². The Hall–Kier alpha value is -3.49. The highest BCUT2D eigenvalue weighted by molar-refractivity contribution is 6.00. The minimum absolute atomic E-state index is 0.00653. The summed E-state index contributed by atoms with van der Waals surface area (Å²) in [5.74, 6) is 0.168. The van der Waals surface area contributed by atoms with Crippen LogP contribution in [0.3, 0.4) is 0 Å². The molecule has 5 rings (SSSR count). The summed E-state index contributed by atoms with van der Waals surface area (Å²) in [6.45, 7) is 2.18. The third kappa shape index (κ3) is 3.08. The molecule has 1 fully saturated rings. The Labute approximate surface area is 166 Å². The van der Waals surface area contributed by atoms with E-state index in [9.17, 15) is 9.59 Å². The number of nitrogens with zero attached hydrogens (tertiary/aromatic N) is 5. The topological polar surface area (TPSA) is 102 Å². The molecule has 0 spiro atoms. The minimum atomic E-state index is -0.484. The van der Waals surface area contributed by atoms with Gasteiger partial charge in [0, 0.05) is 17.9 Å². The van der Waals surface area contributed by atoms with Gasteiger partial charge in [-0.05, 0) is 44.4 Å². The van der Waals surface area contributed by atoms with E-state index in [0.717, 1.165) is 30.7 Å². The van der Waals surface area contributed by atoms with Crippen molar-refractivity contribution in [1.29, 1.82) is 0 Å². The molecule has 0 radical (unpaired) electrons. The third-order valence-electron chi connectivity index (χ3n) is 5.34. The van der Waals surface area contributed by atoms with Crippen LogP contribution in [0.15, 0.2) is 36.7 Å². The van der Waals surface area contributed by atoms with Crippen LogP contribution in [0.2, 0.25) is 0 Å². The van der Waals surface area contributed by atoms with E-state index >= 15 is 0 Å². The van der Waals surface area contributed by atoms with Crippen LogP contribution >= 0.6 is 0 Å². The molecule has 0 aromatic carbocycles. The summed E-state index contributed by atoms with van der Waals surface area (Å²) in [5.41, 5.74) is 2.48. The zero-order valence-corrected chi connectivity index (χ0v) is 15.9. The summed E-state index contributed by atoms with van der Waals surface area (Å²) in [5, 5.41) is 7.22. The monoisotopic (exact) mass is 392 g/mol. The maximum absolute atomic E-state index is 12.8. The molecule has 9 nitrogen and oxygen atoms in total. The molecule has 2 aliphatic rings. The average Bonchev–Trinajstić information content (AvgIpc) is 3.30. The highest BCUT2D eigenvalue weighted by Crippen LogP contribution is 2.31. The number of nitrogens with one attached hydrogen (secondary N) is 1. The van der Waals surface area contributed by atoms with Crippen molar-refractivity contribution in [2.45, 2.75) is 38.3 Å². The molecule has 1 saturated heterocycles. The normalized spacial score (nSPS) is 22.0. The zero-order valence-electron chi connectivity index (χ0n) is 15.9. The van der Waals surface area contributed by atoms with Crippen LogP contribution in [-0.4, -0.2) is 44.2 Å². The van der Waals surface area contributed by atoms with Crippen LogP contribution in [0.1, 0.15) is 47.6 Å². The first kappa shape index (κ1) is 17.6. The summed E-state index contributed by atoms with van der Waals surface area (Å²) in [6.07, 6.45) is 5.20. The van der Waals surface area contributed by atoms with Gasteiger partial charge in [0.25, 0.3) is 5.91 Å². The van der Waals surface area contributed by atoms with Crippen LogP contribution in [0.5, 0.6) is 0 Å². The van der Waals surface area contributed by atoms with Gasteiger partial charge in [-0.15, -0.1) is 0 Å². The van der Waals surface area contributed by atoms with Crippen LogP contribution < -0.4 is 10.2 Å². The number of carbonyl (C=O) groups excluding carboxylic acids is 2. The summed E-state index contributed by atoms with van der Waals surface area (Å²) < 4.78 is 6.83. The predicted molar refractivity (Wildman–Crippen MR) is 104 cm³/mol. The van der Waals surface area contributed by atoms with Crippen molar-refractivity contribution in [2.24, 2.45) is 0 Å². The lowest BCUT2D eigenvalue weighted by Gasteiger charge is -2.20. The number of pyridine rings is 1. The number of carbonyl (C=O) groups is 2. The molecular formula is C20H20N6O3. The largest absolute Gasteiger partial charge is 0.446 e. The van der Waals surface area contributed by atoms with E-state index in [-0.39, 0.29) is 24.6 Å². The van der Waals surface area contributed by atoms with Gasteiger partial charge < -0.3 is 10.1 Å². The van der Waals surface area contributed by atoms with E-state index in [1.165, 1.54) is 15.6 Å². The summed E-state index contributed by atoms with van der Waals surface area (Å²) in [6, 6.07) is 7.15. The molecular weight excluding hydrogens is 372 g/mol. The highest BCUT2D eigenvalue weighted by Gasteiger charge is 2.37. The van der Waals surface area contributed by atoms with Crippen molar-refractivity contribution in [3.63, 3.8) is 0 Å². The Balaban J connectivity index is 1.66. The number of aromatic nitrogens is 4. The number of aryl methyl sites for hydroxylation is 1. The van der Waals surface area contributed by atoms with Crippen molar-refractivity contribution in [3.8, 4) is 0 Å². The maximum atomic E-state index is 12.8. The van der Waals surface area contributed by atoms with Gasteiger partial charge in [0.15, 0.2) is 5.65 Å². The first-order valence-corrected chi connectivity index (χ1v) is 9.67. The lowest BCUT2D eigenvalue weighted by molar-refractivity contribution is 0.0939. The van der Waals surface area contributed by atoms with Gasteiger partial charge in [0.2, 0.25) is 0 Å². The Morgan fingerprint density at radius 1 is 1.21 bits per heavy atom. The fourth-order valence-electron chi connectivity index (χ4n) is 3.83. The molecule has 3 aromatic rings. The van der Waals surface area contributed by atoms with E-state index < -0.39 is 6.09 Å². The Morgan fingerprint density at radius 3 is 3.00 bits per heavy atom. The number of amides is 2. The molecule has 3 aromatic heterocycles. The molecule has 2 amide bonds. The van der Waals surface area contributed by atoms with Gasteiger partial charge in [-0.2, -0.15) is 5.10 Å².